The molecular formula is C23H26N2O4. The van der Waals surface area contributed by atoms with Crippen LogP contribution in [0.2, 0.25) is 0 Å². The summed E-state index contributed by atoms with van der Waals surface area (Å²) in [6.45, 7) is 7.10. The van der Waals surface area contributed by atoms with Crippen LogP contribution in [-0.2, 0) is 19.1 Å². The number of carbonyl (C=O) groups is 3. The fourth-order valence-corrected chi connectivity index (χ4v) is 4.83. The van der Waals surface area contributed by atoms with E-state index in [1.54, 1.807) is 0 Å². The Hall–Kier alpha value is -2.89. The van der Waals surface area contributed by atoms with E-state index < -0.39 is 11.9 Å². The second-order valence-electron chi connectivity index (χ2n) is 8.75. The van der Waals surface area contributed by atoms with Crippen molar-refractivity contribution >= 4 is 17.7 Å². The lowest BCUT2D eigenvalue weighted by molar-refractivity contribution is -0.137. The van der Waals surface area contributed by atoms with Gasteiger partial charge in [0.15, 0.2) is 5.78 Å². The maximum absolute atomic E-state index is 13.4. The molecule has 3 aliphatic rings. The summed E-state index contributed by atoms with van der Waals surface area (Å²) >= 11 is 0. The zero-order valence-electron chi connectivity index (χ0n) is 17.3. The minimum absolute atomic E-state index is 0.0379. The third kappa shape index (κ3) is 3.07. The maximum atomic E-state index is 13.4. The van der Waals surface area contributed by atoms with Gasteiger partial charge in [0.05, 0.1) is 12.7 Å². The second kappa shape index (κ2) is 6.87. The van der Waals surface area contributed by atoms with Gasteiger partial charge in [-0.15, -0.1) is 0 Å². The first-order chi connectivity index (χ1) is 13.7. The topological polar surface area (TPSA) is 75.7 Å². The number of fused-ring (bicyclic) bond motifs is 2. The van der Waals surface area contributed by atoms with E-state index >= 15 is 0 Å². The minimum atomic E-state index is -0.600. The van der Waals surface area contributed by atoms with Gasteiger partial charge >= 0.3 is 5.97 Å². The summed E-state index contributed by atoms with van der Waals surface area (Å²) in [5.74, 6) is -1.43. The molecular weight excluding hydrogens is 368 g/mol. The number of benzene rings is 1. The van der Waals surface area contributed by atoms with Gasteiger partial charge in [0.25, 0.3) is 5.91 Å². The Balaban J connectivity index is 2.05. The SMILES string of the molecule is COC(=O)C1=C2C(=O)NCCN2C2=C(C(=O)CC(C)(C)C2)[C@H]1c1ccccc1C. The first-order valence-electron chi connectivity index (χ1n) is 9.95. The molecule has 0 bridgehead atoms. The quantitative estimate of drug-likeness (QED) is 0.781. The maximum Gasteiger partial charge on any atom is 0.337 e. The monoisotopic (exact) mass is 394 g/mol. The Labute approximate surface area is 170 Å². The van der Waals surface area contributed by atoms with E-state index in [9.17, 15) is 14.4 Å². The lowest BCUT2D eigenvalue weighted by Crippen LogP contribution is -2.51. The standard InChI is InChI=1S/C23H26N2O4/c1-13-7-5-6-8-14(13)17-18-15(11-23(2,3)12-16(18)26)25-10-9-24-21(27)20(25)19(17)22(28)29-4/h5-8,17H,9-12H2,1-4H3,(H,24,27)/t17-/m1/s1. The number of allylic oxidation sites excluding steroid dienone is 2. The van der Waals surface area contributed by atoms with Crippen LogP contribution in [0.25, 0.3) is 0 Å². The van der Waals surface area contributed by atoms with Crippen molar-refractivity contribution in [1.82, 2.24) is 10.2 Å². The van der Waals surface area contributed by atoms with Gasteiger partial charge < -0.3 is 15.0 Å². The van der Waals surface area contributed by atoms with E-state index in [0.29, 0.717) is 37.2 Å². The van der Waals surface area contributed by atoms with Crippen molar-refractivity contribution in [3.8, 4) is 0 Å². The highest BCUT2D eigenvalue weighted by Gasteiger charge is 2.48. The number of rotatable bonds is 2. The molecule has 0 unspecified atom stereocenters. The van der Waals surface area contributed by atoms with E-state index in [1.807, 2.05) is 36.1 Å². The van der Waals surface area contributed by atoms with Crippen LogP contribution in [0.5, 0.6) is 0 Å². The molecule has 152 valence electrons. The molecule has 6 heteroatoms. The molecule has 1 aromatic carbocycles. The van der Waals surface area contributed by atoms with Crippen LogP contribution in [0.15, 0.2) is 46.8 Å². The zero-order valence-corrected chi connectivity index (χ0v) is 17.3. The van der Waals surface area contributed by atoms with Crippen molar-refractivity contribution < 1.29 is 19.1 Å². The predicted octanol–water partition coefficient (Wildman–Crippen LogP) is 2.59. The third-order valence-corrected chi connectivity index (χ3v) is 6.07. The number of ketones is 1. The number of esters is 1. The first kappa shape index (κ1) is 19.4. The number of nitrogens with one attached hydrogen (secondary N) is 1. The molecule has 1 saturated heterocycles. The number of ether oxygens (including phenoxy) is 1. The van der Waals surface area contributed by atoms with Gasteiger partial charge in [0.1, 0.15) is 5.70 Å². The molecule has 0 saturated carbocycles. The van der Waals surface area contributed by atoms with Crippen LogP contribution >= 0.6 is 0 Å². The highest BCUT2D eigenvalue weighted by Crippen LogP contribution is 2.50. The molecule has 1 N–H and O–H groups in total. The molecule has 2 heterocycles. The third-order valence-electron chi connectivity index (χ3n) is 6.07. The number of nitrogens with zero attached hydrogens (tertiary/aromatic N) is 1. The van der Waals surface area contributed by atoms with Gasteiger partial charge in [-0.1, -0.05) is 38.1 Å². The molecule has 6 nitrogen and oxygen atoms in total. The minimum Gasteiger partial charge on any atom is -0.466 e. The fourth-order valence-electron chi connectivity index (χ4n) is 4.83. The summed E-state index contributed by atoms with van der Waals surface area (Å²) in [4.78, 5) is 41.1. The number of aryl methyl sites for hydroxylation is 1. The van der Waals surface area contributed by atoms with Crippen molar-refractivity contribution in [2.45, 2.75) is 39.5 Å². The Morgan fingerprint density at radius 1 is 1.21 bits per heavy atom. The van der Waals surface area contributed by atoms with Crippen molar-refractivity contribution in [1.29, 1.82) is 0 Å². The zero-order chi connectivity index (χ0) is 20.9. The highest BCUT2D eigenvalue weighted by molar-refractivity contribution is 6.09. The lowest BCUT2D eigenvalue weighted by Gasteiger charge is -2.46. The van der Waals surface area contributed by atoms with E-state index in [4.69, 9.17) is 4.74 Å². The van der Waals surface area contributed by atoms with Crippen LogP contribution in [-0.4, -0.2) is 42.8 Å². The summed E-state index contributed by atoms with van der Waals surface area (Å²) in [5.41, 5.74) is 3.71. The predicted molar refractivity (Wildman–Crippen MR) is 108 cm³/mol. The molecule has 1 aliphatic carbocycles. The van der Waals surface area contributed by atoms with Crippen LogP contribution in [0, 0.1) is 12.3 Å². The Bertz CT molecular complexity index is 986. The summed E-state index contributed by atoms with van der Waals surface area (Å²) in [6, 6.07) is 7.71. The number of hydrogen-bond donors (Lipinski definition) is 1. The molecule has 0 aromatic heterocycles. The Morgan fingerprint density at radius 3 is 2.62 bits per heavy atom. The van der Waals surface area contributed by atoms with Crippen LogP contribution < -0.4 is 5.32 Å². The normalized spacial score (nSPS) is 23.4. The number of carbonyl (C=O) groups excluding carboxylic acids is 3. The summed E-state index contributed by atoms with van der Waals surface area (Å²) in [7, 11) is 1.31. The number of methoxy groups -OCH3 is 1. The van der Waals surface area contributed by atoms with Crippen molar-refractivity contribution in [3.63, 3.8) is 0 Å². The van der Waals surface area contributed by atoms with Gasteiger partial charge in [-0.2, -0.15) is 0 Å². The van der Waals surface area contributed by atoms with Crippen LogP contribution in [0.3, 0.4) is 0 Å². The molecule has 1 aromatic rings. The molecule has 2 aliphatic heterocycles. The number of Topliss-reactive ketones (excluding diaryl/α,β-unsaturated/α-hetero) is 1. The summed E-state index contributed by atoms with van der Waals surface area (Å²) in [5, 5.41) is 2.85. The molecule has 4 rings (SSSR count). The molecule has 0 radical (unpaired) electrons. The van der Waals surface area contributed by atoms with Gasteiger partial charge in [0, 0.05) is 36.7 Å². The van der Waals surface area contributed by atoms with Crippen molar-refractivity contribution in [2.75, 3.05) is 20.2 Å². The van der Waals surface area contributed by atoms with Crippen LogP contribution in [0.1, 0.15) is 43.7 Å². The first-order valence-corrected chi connectivity index (χ1v) is 9.95. The second-order valence-corrected chi connectivity index (χ2v) is 8.75. The molecule has 1 atom stereocenters. The average molecular weight is 394 g/mol. The average Bonchev–Trinajstić information content (AvgIpc) is 2.66. The van der Waals surface area contributed by atoms with Gasteiger partial charge in [0.2, 0.25) is 0 Å². The fraction of sp³-hybridized carbons (Fsp3) is 0.435. The Kier molecular flexibility index (Phi) is 4.60. The highest BCUT2D eigenvalue weighted by atomic mass is 16.5. The van der Waals surface area contributed by atoms with E-state index in [2.05, 4.69) is 19.2 Å². The molecule has 1 amide bonds. The smallest absolute Gasteiger partial charge is 0.337 e. The Morgan fingerprint density at radius 2 is 1.93 bits per heavy atom. The summed E-state index contributed by atoms with van der Waals surface area (Å²) < 4.78 is 5.10. The number of piperazine rings is 1. The largest absolute Gasteiger partial charge is 0.466 e. The van der Waals surface area contributed by atoms with Crippen molar-refractivity contribution in [3.05, 3.63) is 57.9 Å². The molecule has 0 spiro atoms. The van der Waals surface area contributed by atoms with E-state index in [1.165, 1.54) is 7.11 Å². The van der Waals surface area contributed by atoms with E-state index in [-0.39, 0.29) is 22.7 Å². The van der Waals surface area contributed by atoms with Gasteiger partial charge in [-0.3, -0.25) is 9.59 Å². The lowest BCUT2D eigenvalue weighted by atomic mass is 9.67. The van der Waals surface area contributed by atoms with Crippen LogP contribution in [0.4, 0.5) is 0 Å². The van der Waals surface area contributed by atoms with Gasteiger partial charge in [-0.05, 0) is 29.9 Å². The molecule has 29 heavy (non-hydrogen) atoms. The van der Waals surface area contributed by atoms with E-state index in [0.717, 1.165) is 16.8 Å². The van der Waals surface area contributed by atoms with Gasteiger partial charge in [-0.25, -0.2) is 4.79 Å². The summed E-state index contributed by atoms with van der Waals surface area (Å²) in [6.07, 6.45) is 1.10. The number of hydrogen-bond acceptors (Lipinski definition) is 5. The molecule has 1 fully saturated rings. The number of amides is 1. The van der Waals surface area contributed by atoms with Crippen molar-refractivity contribution in [2.24, 2.45) is 5.41 Å².